The van der Waals surface area contributed by atoms with Crippen molar-refractivity contribution in [1.29, 1.82) is 0 Å². The zero-order valence-corrected chi connectivity index (χ0v) is 20.2. The van der Waals surface area contributed by atoms with Gasteiger partial charge in [-0.3, -0.25) is 4.57 Å². The van der Waals surface area contributed by atoms with Gasteiger partial charge in [0.2, 0.25) is 0 Å². The molecule has 176 valence electrons. The van der Waals surface area contributed by atoms with Crippen molar-refractivity contribution < 1.29 is 13.5 Å². The average molecular weight is 500 g/mol. The minimum absolute atomic E-state index is 0.0745. The molecule has 2 aromatic heterocycles. The van der Waals surface area contributed by atoms with E-state index in [0.717, 1.165) is 47.9 Å². The second-order valence-electron chi connectivity index (χ2n) is 8.23. The van der Waals surface area contributed by atoms with Crippen LogP contribution in [0, 0.1) is 5.82 Å². The van der Waals surface area contributed by atoms with Gasteiger partial charge in [0.15, 0.2) is 11.0 Å². The number of aromatic nitrogens is 3. The monoisotopic (exact) mass is 499 g/mol. The summed E-state index contributed by atoms with van der Waals surface area (Å²) in [5, 5.41) is 11.0. The fourth-order valence-corrected chi connectivity index (χ4v) is 5.42. The van der Waals surface area contributed by atoms with Gasteiger partial charge in [0.25, 0.3) is 0 Å². The highest BCUT2D eigenvalue weighted by Gasteiger charge is 2.22. The molecular formula is C25H23ClFN3O3S. The van der Waals surface area contributed by atoms with Gasteiger partial charge < -0.3 is 9.15 Å². The van der Waals surface area contributed by atoms with Crippen molar-refractivity contribution >= 4 is 34.3 Å². The van der Waals surface area contributed by atoms with Crippen LogP contribution in [0.15, 0.2) is 56.8 Å². The lowest BCUT2D eigenvalue weighted by Crippen LogP contribution is -2.16. The van der Waals surface area contributed by atoms with Crippen LogP contribution in [0.4, 0.5) is 4.39 Å². The smallest absolute Gasteiger partial charge is 0.336 e. The molecule has 0 spiro atoms. The largest absolute Gasteiger partial charge is 0.423 e. The lowest BCUT2D eigenvalue weighted by Gasteiger charge is -2.15. The van der Waals surface area contributed by atoms with E-state index in [1.165, 1.54) is 30.0 Å². The van der Waals surface area contributed by atoms with Crippen molar-refractivity contribution in [2.45, 2.75) is 49.7 Å². The predicted octanol–water partition coefficient (Wildman–Crippen LogP) is 5.88. The maximum atomic E-state index is 13.5. The Morgan fingerprint density at radius 3 is 2.74 bits per heavy atom. The van der Waals surface area contributed by atoms with Crippen LogP contribution in [0.25, 0.3) is 22.4 Å². The van der Waals surface area contributed by atoms with Gasteiger partial charge in [0, 0.05) is 34.4 Å². The summed E-state index contributed by atoms with van der Waals surface area (Å²) >= 11 is 7.92. The molecule has 0 aliphatic carbocycles. The first-order chi connectivity index (χ1) is 16.5. The lowest BCUT2D eigenvalue weighted by molar-refractivity contribution is 0.0953. The standard InChI is InChI=1S/C25H23ClFN3O3S/c1-2-15-10-22-20(12-21(15)26)17(11-23(31)33-22)14-34-25-29-28-24(16-5-7-18(27)8-6-16)30(25)13-19-4-3-9-32-19/h5-8,10-12,19H,2-4,9,13-14H2,1H3/t19-/m0/s1. The zero-order valence-electron chi connectivity index (χ0n) is 18.6. The molecule has 34 heavy (non-hydrogen) atoms. The molecule has 1 aliphatic heterocycles. The van der Waals surface area contributed by atoms with Gasteiger partial charge in [-0.2, -0.15) is 0 Å². The number of hydrogen-bond acceptors (Lipinski definition) is 6. The summed E-state index contributed by atoms with van der Waals surface area (Å²) in [6.45, 7) is 3.35. The molecule has 9 heteroatoms. The first kappa shape index (κ1) is 23.1. The third-order valence-electron chi connectivity index (χ3n) is 5.96. The number of hydrogen-bond donors (Lipinski definition) is 0. The first-order valence-corrected chi connectivity index (χ1v) is 12.6. The van der Waals surface area contributed by atoms with Gasteiger partial charge in [-0.05, 0) is 66.8 Å². The van der Waals surface area contributed by atoms with Gasteiger partial charge in [0.1, 0.15) is 11.4 Å². The van der Waals surface area contributed by atoms with E-state index >= 15 is 0 Å². The van der Waals surface area contributed by atoms with E-state index in [2.05, 4.69) is 10.2 Å². The van der Waals surface area contributed by atoms with Crippen LogP contribution in [0.1, 0.15) is 30.9 Å². The van der Waals surface area contributed by atoms with E-state index in [-0.39, 0.29) is 11.9 Å². The van der Waals surface area contributed by atoms with Crippen LogP contribution >= 0.6 is 23.4 Å². The van der Waals surface area contributed by atoms with Crippen molar-refractivity contribution in [2.75, 3.05) is 6.61 Å². The number of fused-ring (bicyclic) bond motifs is 1. The van der Waals surface area contributed by atoms with Crippen molar-refractivity contribution in [1.82, 2.24) is 14.8 Å². The molecule has 0 radical (unpaired) electrons. The summed E-state index contributed by atoms with van der Waals surface area (Å²) in [7, 11) is 0. The van der Waals surface area contributed by atoms with Crippen LogP contribution in [-0.4, -0.2) is 27.5 Å². The third-order valence-corrected chi connectivity index (χ3v) is 7.33. The SMILES string of the molecule is CCc1cc2oc(=O)cc(CSc3nnc(-c4ccc(F)cc4)n3C[C@@H]3CCCO3)c2cc1Cl. The zero-order chi connectivity index (χ0) is 23.7. The van der Waals surface area contributed by atoms with Crippen molar-refractivity contribution in [3.05, 3.63) is 74.9 Å². The molecule has 4 aromatic rings. The number of thioether (sulfide) groups is 1. The van der Waals surface area contributed by atoms with Gasteiger partial charge in [-0.1, -0.05) is 30.3 Å². The Morgan fingerprint density at radius 1 is 1.18 bits per heavy atom. The highest BCUT2D eigenvalue weighted by molar-refractivity contribution is 7.98. The second-order valence-corrected chi connectivity index (χ2v) is 9.58. The Kier molecular flexibility index (Phi) is 6.72. The van der Waals surface area contributed by atoms with Crippen molar-refractivity contribution in [3.63, 3.8) is 0 Å². The number of aryl methyl sites for hydroxylation is 1. The van der Waals surface area contributed by atoms with Gasteiger partial charge >= 0.3 is 5.63 Å². The Balaban J connectivity index is 1.48. The highest BCUT2D eigenvalue weighted by atomic mass is 35.5. The van der Waals surface area contributed by atoms with Crippen LogP contribution in [0.3, 0.4) is 0 Å². The summed E-state index contributed by atoms with van der Waals surface area (Å²) in [5.74, 6) is 0.839. The van der Waals surface area contributed by atoms with E-state index in [0.29, 0.717) is 33.9 Å². The molecular weight excluding hydrogens is 477 g/mol. The summed E-state index contributed by atoms with van der Waals surface area (Å²) in [6, 6.07) is 11.4. The molecule has 2 aromatic carbocycles. The number of rotatable bonds is 7. The molecule has 5 rings (SSSR count). The molecule has 6 nitrogen and oxygen atoms in total. The highest BCUT2D eigenvalue weighted by Crippen LogP contribution is 2.32. The number of ether oxygens (including phenoxy) is 1. The van der Waals surface area contributed by atoms with E-state index in [1.807, 2.05) is 23.6 Å². The summed E-state index contributed by atoms with van der Waals surface area (Å²) < 4.78 is 26.8. The van der Waals surface area contributed by atoms with E-state index < -0.39 is 5.63 Å². The Morgan fingerprint density at radius 2 is 2.00 bits per heavy atom. The number of benzene rings is 2. The maximum Gasteiger partial charge on any atom is 0.336 e. The number of nitrogens with zero attached hydrogens (tertiary/aromatic N) is 3. The predicted molar refractivity (Wildman–Crippen MR) is 131 cm³/mol. The minimum Gasteiger partial charge on any atom is -0.423 e. The molecule has 0 N–H and O–H groups in total. The van der Waals surface area contributed by atoms with Crippen LogP contribution in [0.2, 0.25) is 5.02 Å². The third kappa shape index (κ3) is 4.76. The van der Waals surface area contributed by atoms with E-state index in [9.17, 15) is 9.18 Å². The minimum atomic E-state index is -0.403. The Bertz CT molecular complexity index is 1380. The van der Waals surface area contributed by atoms with Gasteiger partial charge in [0.05, 0.1) is 12.6 Å². The molecule has 1 aliphatic rings. The molecule has 3 heterocycles. The summed E-state index contributed by atoms with van der Waals surface area (Å²) in [4.78, 5) is 12.2. The molecule has 1 saturated heterocycles. The molecule has 0 unspecified atom stereocenters. The molecule has 0 saturated carbocycles. The Hall–Kier alpha value is -2.68. The van der Waals surface area contributed by atoms with Crippen molar-refractivity contribution in [2.24, 2.45) is 0 Å². The fourth-order valence-electron chi connectivity index (χ4n) is 4.19. The van der Waals surface area contributed by atoms with Crippen LogP contribution in [-0.2, 0) is 23.5 Å². The lowest BCUT2D eigenvalue weighted by atomic mass is 10.1. The number of halogens is 2. The quantitative estimate of drug-likeness (QED) is 0.234. The van der Waals surface area contributed by atoms with Crippen molar-refractivity contribution in [3.8, 4) is 11.4 Å². The molecule has 0 bridgehead atoms. The average Bonchev–Trinajstić information content (AvgIpc) is 3.48. The second kappa shape index (κ2) is 9.90. The van der Waals surface area contributed by atoms with Gasteiger partial charge in [-0.15, -0.1) is 10.2 Å². The van der Waals surface area contributed by atoms with Crippen LogP contribution < -0.4 is 5.63 Å². The molecule has 0 amide bonds. The van der Waals surface area contributed by atoms with E-state index in [1.54, 1.807) is 12.1 Å². The van der Waals surface area contributed by atoms with Gasteiger partial charge in [-0.25, -0.2) is 9.18 Å². The first-order valence-electron chi connectivity index (χ1n) is 11.2. The molecule has 1 fully saturated rings. The van der Waals surface area contributed by atoms with E-state index in [4.69, 9.17) is 20.8 Å². The summed E-state index contributed by atoms with van der Waals surface area (Å²) in [6.07, 6.45) is 2.81. The summed E-state index contributed by atoms with van der Waals surface area (Å²) in [5.41, 5.74) is 2.65. The topological polar surface area (TPSA) is 70.2 Å². The maximum absolute atomic E-state index is 13.5. The molecule has 1 atom stereocenters. The fraction of sp³-hybridized carbons (Fsp3) is 0.320. The normalized spacial score (nSPS) is 15.9. The van der Waals surface area contributed by atoms with Crippen LogP contribution in [0.5, 0.6) is 0 Å². The Labute approximate surface area is 205 Å².